The van der Waals surface area contributed by atoms with E-state index in [0.29, 0.717) is 21.7 Å². The second-order valence-electron chi connectivity index (χ2n) is 4.32. The first kappa shape index (κ1) is 15.2. The monoisotopic (exact) mass is 351 g/mol. The van der Waals surface area contributed by atoms with Crippen molar-refractivity contribution in [1.82, 2.24) is 9.55 Å². The zero-order chi connectivity index (χ0) is 15.4. The SMILES string of the molecule is COc1cccc(NC(=O)Cn2c(C)ncc(Br)c2=O)c1. The molecule has 6 nitrogen and oxygen atoms in total. The molecule has 0 atom stereocenters. The van der Waals surface area contributed by atoms with Gasteiger partial charge in [-0.05, 0) is 35.0 Å². The summed E-state index contributed by atoms with van der Waals surface area (Å²) < 4.78 is 6.71. The zero-order valence-electron chi connectivity index (χ0n) is 11.6. The third-order valence-corrected chi connectivity index (χ3v) is 3.40. The van der Waals surface area contributed by atoms with Crippen LogP contribution in [0.15, 0.2) is 39.7 Å². The van der Waals surface area contributed by atoms with Gasteiger partial charge in [0.2, 0.25) is 5.91 Å². The quantitative estimate of drug-likeness (QED) is 0.913. The fourth-order valence-electron chi connectivity index (χ4n) is 1.78. The maximum atomic E-state index is 12.0. The van der Waals surface area contributed by atoms with Crippen molar-refractivity contribution in [2.24, 2.45) is 0 Å². The molecule has 1 aromatic carbocycles. The van der Waals surface area contributed by atoms with Gasteiger partial charge in [-0.2, -0.15) is 0 Å². The van der Waals surface area contributed by atoms with Crippen LogP contribution in [-0.2, 0) is 11.3 Å². The van der Waals surface area contributed by atoms with E-state index in [2.05, 4.69) is 26.2 Å². The molecule has 0 fully saturated rings. The molecule has 0 radical (unpaired) electrons. The summed E-state index contributed by atoms with van der Waals surface area (Å²) in [5.74, 6) is 0.808. The number of nitrogens with one attached hydrogen (secondary N) is 1. The number of halogens is 1. The molecule has 0 spiro atoms. The number of methoxy groups -OCH3 is 1. The first-order valence-electron chi connectivity index (χ1n) is 6.17. The van der Waals surface area contributed by atoms with Crippen LogP contribution in [0.1, 0.15) is 5.82 Å². The molecule has 21 heavy (non-hydrogen) atoms. The van der Waals surface area contributed by atoms with E-state index in [1.807, 2.05) is 0 Å². The average Bonchev–Trinajstić information content (AvgIpc) is 2.48. The fraction of sp³-hybridized carbons (Fsp3) is 0.214. The molecule has 7 heteroatoms. The van der Waals surface area contributed by atoms with Crippen molar-refractivity contribution >= 4 is 27.5 Å². The molecule has 2 aromatic rings. The van der Waals surface area contributed by atoms with E-state index in [0.717, 1.165) is 0 Å². The van der Waals surface area contributed by atoms with Crippen molar-refractivity contribution in [2.45, 2.75) is 13.5 Å². The summed E-state index contributed by atoms with van der Waals surface area (Å²) >= 11 is 3.11. The van der Waals surface area contributed by atoms with Gasteiger partial charge in [0, 0.05) is 18.0 Å². The second kappa shape index (κ2) is 6.53. The van der Waals surface area contributed by atoms with Gasteiger partial charge in [0.25, 0.3) is 5.56 Å². The van der Waals surface area contributed by atoms with Gasteiger partial charge in [0.1, 0.15) is 22.6 Å². The standard InChI is InChI=1S/C14H14BrN3O3/c1-9-16-7-12(15)14(20)18(9)8-13(19)17-10-4-3-5-11(6-10)21-2/h3-7H,8H2,1-2H3,(H,17,19). The summed E-state index contributed by atoms with van der Waals surface area (Å²) in [4.78, 5) is 28.0. The van der Waals surface area contributed by atoms with Crippen molar-refractivity contribution in [2.75, 3.05) is 12.4 Å². The normalized spacial score (nSPS) is 10.2. The van der Waals surface area contributed by atoms with Crippen LogP contribution < -0.4 is 15.6 Å². The van der Waals surface area contributed by atoms with Crippen LogP contribution in [0, 0.1) is 6.92 Å². The third kappa shape index (κ3) is 3.69. The number of hydrogen-bond donors (Lipinski definition) is 1. The molecular weight excluding hydrogens is 338 g/mol. The summed E-state index contributed by atoms with van der Waals surface area (Å²) in [6, 6.07) is 7.00. The number of carbonyl (C=O) groups excluding carboxylic acids is 1. The topological polar surface area (TPSA) is 73.2 Å². The Kier molecular flexibility index (Phi) is 4.74. The summed E-state index contributed by atoms with van der Waals surface area (Å²) in [7, 11) is 1.55. The highest BCUT2D eigenvalue weighted by molar-refractivity contribution is 9.10. The van der Waals surface area contributed by atoms with Crippen LogP contribution >= 0.6 is 15.9 Å². The van der Waals surface area contributed by atoms with Gasteiger partial charge in [-0.3, -0.25) is 14.2 Å². The van der Waals surface area contributed by atoms with Gasteiger partial charge < -0.3 is 10.1 Å². The molecule has 0 aliphatic carbocycles. The number of aromatic nitrogens is 2. The number of anilines is 1. The van der Waals surface area contributed by atoms with Crippen LogP contribution in [0.4, 0.5) is 5.69 Å². The highest BCUT2D eigenvalue weighted by atomic mass is 79.9. The minimum Gasteiger partial charge on any atom is -0.497 e. The van der Waals surface area contributed by atoms with Crippen molar-refractivity contribution in [1.29, 1.82) is 0 Å². The lowest BCUT2D eigenvalue weighted by Crippen LogP contribution is -2.30. The number of benzene rings is 1. The molecule has 2 rings (SSSR count). The maximum absolute atomic E-state index is 12.0. The van der Waals surface area contributed by atoms with Crippen LogP contribution in [0.5, 0.6) is 5.75 Å². The van der Waals surface area contributed by atoms with Crippen LogP contribution in [0.2, 0.25) is 0 Å². The lowest BCUT2D eigenvalue weighted by atomic mass is 10.3. The lowest BCUT2D eigenvalue weighted by molar-refractivity contribution is -0.116. The predicted molar refractivity (Wildman–Crippen MR) is 82.6 cm³/mol. The van der Waals surface area contributed by atoms with Crippen LogP contribution in [-0.4, -0.2) is 22.6 Å². The Morgan fingerprint density at radius 1 is 1.48 bits per heavy atom. The third-order valence-electron chi connectivity index (χ3n) is 2.86. The number of amides is 1. The zero-order valence-corrected chi connectivity index (χ0v) is 13.2. The predicted octanol–water partition coefficient (Wildman–Crippen LogP) is 1.96. The highest BCUT2D eigenvalue weighted by Gasteiger charge is 2.10. The molecule has 0 bridgehead atoms. The van der Waals surface area contributed by atoms with E-state index >= 15 is 0 Å². The first-order chi connectivity index (χ1) is 10.0. The minimum absolute atomic E-state index is 0.103. The molecule has 1 aromatic heterocycles. The van der Waals surface area contributed by atoms with Crippen LogP contribution in [0.25, 0.3) is 0 Å². The molecule has 1 heterocycles. The van der Waals surface area contributed by atoms with Gasteiger partial charge in [0.15, 0.2) is 0 Å². The Labute approximate surface area is 129 Å². The van der Waals surface area contributed by atoms with Crippen molar-refractivity contribution < 1.29 is 9.53 Å². The van der Waals surface area contributed by atoms with E-state index in [1.165, 1.54) is 10.8 Å². The van der Waals surface area contributed by atoms with Gasteiger partial charge in [-0.25, -0.2) is 4.98 Å². The van der Waals surface area contributed by atoms with Gasteiger partial charge in [-0.1, -0.05) is 6.07 Å². The molecular formula is C14H14BrN3O3. The number of hydrogen-bond acceptors (Lipinski definition) is 4. The van der Waals surface area contributed by atoms with E-state index in [1.54, 1.807) is 38.3 Å². The van der Waals surface area contributed by atoms with Crippen molar-refractivity contribution in [3.63, 3.8) is 0 Å². The summed E-state index contributed by atoms with van der Waals surface area (Å²) in [6.07, 6.45) is 1.42. The molecule has 0 unspecified atom stereocenters. The Morgan fingerprint density at radius 3 is 2.95 bits per heavy atom. The first-order valence-corrected chi connectivity index (χ1v) is 6.96. The molecule has 0 aliphatic heterocycles. The number of aryl methyl sites for hydroxylation is 1. The Bertz CT molecular complexity index is 728. The summed E-state index contributed by atoms with van der Waals surface area (Å²) in [5, 5.41) is 2.72. The largest absolute Gasteiger partial charge is 0.497 e. The minimum atomic E-state index is -0.312. The fourth-order valence-corrected chi connectivity index (χ4v) is 2.10. The molecule has 110 valence electrons. The Hall–Kier alpha value is -2.15. The molecule has 0 saturated carbocycles. The van der Waals surface area contributed by atoms with Crippen LogP contribution in [0.3, 0.4) is 0 Å². The number of carbonyl (C=O) groups is 1. The van der Waals surface area contributed by atoms with Crippen molar-refractivity contribution in [3.05, 3.63) is 51.1 Å². The summed E-state index contributed by atoms with van der Waals surface area (Å²) in [6.45, 7) is 1.57. The molecule has 0 aliphatic rings. The van der Waals surface area contributed by atoms with E-state index < -0.39 is 0 Å². The summed E-state index contributed by atoms with van der Waals surface area (Å²) in [5.41, 5.74) is 0.316. The highest BCUT2D eigenvalue weighted by Crippen LogP contribution is 2.16. The average molecular weight is 352 g/mol. The smallest absolute Gasteiger partial charge is 0.268 e. The van der Waals surface area contributed by atoms with E-state index in [-0.39, 0.29) is 18.0 Å². The second-order valence-corrected chi connectivity index (χ2v) is 5.18. The Morgan fingerprint density at radius 2 is 2.24 bits per heavy atom. The molecule has 0 saturated heterocycles. The van der Waals surface area contributed by atoms with E-state index in [4.69, 9.17) is 4.74 Å². The maximum Gasteiger partial charge on any atom is 0.268 e. The molecule has 1 amide bonds. The van der Waals surface area contributed by atoms with Gasteiger partial charge in [0.05, 0.1) is 7.11 Å². The number of nitrogens with zero attached hydrogens (tertiary/aromatic N) is 2. The molecule has 1 N–H and O–H groups in total. The van der Waals surface area contributed by atoms with Gasteiger partial charge in [-0.15, -0.1) is 0 Å². The lowest BCUT2D eigenvalue weighted by Gasteiger charge is -2.10. The number of ether oxygens (including phenoxy) is 1. The van der Waals surface area contributed by atoms with Crippen molar-refractivity contribution in [3.8, 4) is 5.75 Å². The Balaban J connectivity index is 2.15. The van der Waals surface area contributed by atoms with E-state index in [9.17, 15) is 9.59 Å². The van der Waals surface area contributed by atoms with Gasteiger partial charge >= 0.3 is 0 Å². The number of rotatable bonds is 4.